The summed E-state index contributed by atoms with van der Waals surface area (Å²) < 4.78 is 67.5. The summed E-state index contributed by atoms with van der Waals surface area (Å²) in [5.74, 6) is 0. The molecule has 3 aliphatic heterocycles. The maximum Gasteiger partial charge on any atom is 0.483 e. The van der Waals surface area contributed by atoms with E-state index in [-0.39, 0.29) is 0 Å². The zero-order valence-corrected chi connectivity index (χ0v) is 58.0. The number of phosphoric ester groups is 2. The van der Waals surface area contributed by atoms with Crippen LogP contribution in [0, 0.1) is 0 Å². The van der Waals surface area contributed by atoms with Crippen LogP contribution < -0.4 is 0 Å². The van der Waals surface area contributed by atoms with E-state index in [1.165, 1.54) is 63.2 Å². The smallest absolute Gasteiger partial charge is 0.394 e. The Balaban J connectivity index is 1.33. The molecule has 522 valence electrons. The summed E-state index contributed by atoms with van der Waals surface area (Å²) in [6.07, 6.45) is 13.9. The van der Waals surface area contributed by atoms with Crippen LogP contribution in [0.2, 0.25) is 0 Å². The van der Waals surface area contributed by atoms with Crippen molar-refractivity contribution in [2.45, 2.75) is 291 Å². The average molecular weight is 1330 g/mol. The van der Waals surface area contributed by atoms with Crippen molar-refractivity contribution in [3.8, 4) is 0 Å². The van der Waals surface area contributed by atoms with Crippen molar-refractivity contribution in [1.82, 2.24) is 0 Å². The van der Waals surface area contributed by atoms with Crippen LogP contribution in [0.1, 0.15) is 199 Å². The second kappa shape index (κ2) is 42.6. The van der Waals surface area contributed by atoms with Gasteiger partial charge in [-0.15, -0.1) is 0 Å². The molecular weight excluding hydrogens is 1210 g/mol. The molecule has 0 bridgehead atoms. The second-order valence-electron chi connectivity index (χ2n) is 25.3. The van der Waals surface area contributed by atoms with Crippen LogP contribution in [0.3, 0.4) is 0 Å². The number of phosphoric acid groups is 2. The zero-order valence-electron chi connectivity index (χ0n) is 56.2. The summed E-state index contributed by atoms with van der Waals surface area (Å²) in [4.78, 5) is 20.8. The molecule has 91 heavy (non-hydrogen) atoms. The molecule has 3 fully saturated rings. The predicted molar refractivity (Wildman–Crippen MR) is 352 cm³/mol. The maximum absolute atomic E-state index is 13.0. The zero-order chi connectivity index (χ0) is 68.0. The molecule has 17 atom stereocenters. The summed E-state index contributed by atoms with van der Waals surface area (Å²) in [5, 5.41) is 94.1. The van der Waals surface area contributed by atoms with E-state index in [2.05, 4.69) is 128 Å². The molecule has 0 spiro atoms. The molecule has 0 aliphatic carbocycles. The van der Waals surface area contributed by atoms with Crippen LogP contribution in [0.25, 0.3) is 0 Å². The lowest BCUT2D eigenvalue weighted by Crippen LogP contribution is -2.66. The minimum Gasteiger partial charge on any atom is -0.394 e. The van der Waals surface area contributed by atoms with Gasteiger partial charge in [-0.2, -0.15) is 4.31 Å². The molecule has 0 saturated carbocycles. The van der Waals surface area contributed by atoms with E-state index in [0.29, 0.717) is 12.8 Å². The van der Waals surface area contributed by atoms with Crippen LogP contribution in [0.15, 0.2) is 116 Å². The third-order valence-electron chi connectivity index (χ3n) is 16.5. The van der Waals surface area contributed by atoms with E-state index in [0.717, 1.165) is 108 Å². The first-order valence-corrected chi connectivity index (χ1v) is 35.4. The fraction of sp³-hybridized carbons (Fsp3) is 0.706. The molecule has 0 aromatic heterocycles. The third kappa shape index (κ3) is 31.7. The highest BCUT2D eigenvalue weighted by molar-refractivity contribution is 7.61. The predicted octanol–water partition coefficient (Wildman–Crippen LogP) is 11.2. The SMILES string of the molecule is CC(C)=CCCC(C)=CCCC(C)=CCCC(C)=CCCC(C)=CCCC(C)=CCCC(C)=CCCC(C)=CCCC(C)=CCCC(C)=CCOP(=O)(O)OP(=O)(O)O[C@@H]1O[C@H](CO)[C@H](O)[C@H](O[C@@H]2O[C@@H](C)[C@H](O[C@H]3O[C@H](CO)[C@@H](O)[C@H](O)[C@@H]3O)[C@@H](O)[C@H]2O)[C@H]1O. The largest absolute Gasteiger partial charge is 0.483 e. The van der Waals surface area contributed by atoms with Gasteiger partial charge in [0.25, 0.3) is 0 Å². The number of hydrogen-bond donors (Lipinski definition) is 11. The fourth-order valence-corrected chi connectivity index (χ4v) is 12.6. The van der Waals surface area contributed by atoms with Crippen molar-refractivity contribution in [3.63, 3.8) is 0 Å². The average Bonchev–Trinajstić information content (AvgIpc) is 1.04. The van der Waals surface area contributed by atoms with Gasteiger partial charge < -0.3 is 79.4 Å². The lowest BCUT2D eigenvalue weighted by molar-refractivity contribution is -0.373. The van der Waals surface area contributed by atoms with E-state index in [1.807, 2.05) is 0 Å². The molecule has 23 heteroatoms. The van der Waals surface area contributed by atoms with E-state index >= 15 is 0 Å². The number of aliphatic hydroxyl groups is 9. The molecule has 0 radical (unpaired) electrons. The van der Waals surface area contributed by atoms with Gasteiger partial charge in [-0.05, 0) is 199 Å². The first-order valence-electron chi connectivity index (χ1n) is 32.4. The molecular formula is C68H114O21P2. The molecule has 2 unspecified atom stereocenters. The van der Waals surface area contributed by atoms with Gasteiger partial charge in [0.05, 0.1) is 25.9 Å². The molecule has 3 heterocycles. The molecule has 21 nitrogen and oxygen atoms in total. The number of rotatable bonds is 40. The Hall–Kier alpha value is -2.90. The number of ether oxygens (including phenoxy) is 5. The van der Waals surface area contributed by atoms with Gasteiger partial charge in [0, 0.05) is 0 Å². The van der Waals surface area contributed by atoms with E-state index in [1.54, 1.807) is 6.92 Å². The molecule has 0 aromatic carbocycles. The first-order chi connectivity index (χ1) is 42.9. The molecule has 3 saturated heterocycles. The van der Waals surface area contributed by atoms with Crippen LogP contribution in [-0.4, -0.2) is 168 Å². The molecule has 0 amide bonds. The Labute approximate surface area is 542 Å². The van der Waals surface area contributed by atoms with Crippen molar-refractivity contribution < 1.29 is 102 Å². The topological polar surface area (TPSA) is 331 Å². The Morgan fingerprint density at radius 2 is 0.692 bits per heavy atom. The second-order valence-corrected chi connectivity index (χ2v) is 28.3. The number of hydrogen-bond acceptors (Lipinski definition) is 19. The van der Waals surface area contributed by atoms with Crippen LogP contribution in [-0.2, 0) is 46.2 Å². The van der Waals surface area contributed by atoms with Gasteiger partial charge >= 0.3 is 15.6 Å². The monoisotopic (exact) mass is 1330 g/mol. The number of aliphatic hydroxyl groups excluding tert-OH is 9. The summed E-state index contributed by atoms with van der Waals surface area (Å²) in [5.41, 5.74) is 13.6. The molecule has 0 aromatic rings. The fourth-order valence-electron chi connectivity index (χ4n) is 10.6. The summed E-state index contributed by atoms with van der Waals surface area (Å²) in [6, 6.07) is 0. The third-order valence-corrected chi connectivity index (χ3v) is 19.1. The standard InChI is InChI=1S/C68H114O21P2/c1-44(2)22-13-23-45(3)24-14-25-46(4)26-15-27-47(5)28-16-29-48(6)30-17-31-49(7)32-18-33-50(8)34-19-35-51(9)36-20-37-52(10)38-21-39-53(11)40-41-82-90(78,79)89-91(80,81)88-68-63(77)65(58(72)56(43-70)85-68)87-66-62(76)60(74)64(54(12)83-66)86-67-61(75)59(73)57(71)55(42-69)84-67/h22,24,26,28,30,32,34,36,38,40,54-77H,13-21,23,25,27,29,31,33,35,37,39,41-43H2,1-12H3,(H,78,79)(H,80,81)/t54-,55+,56+,57+,58-,59-,60-,61-,62+,63+,64-,65-,66-,67+,68-/m0/s1. The first kappa shape index (κ1) is 82.3. The Morgan fingerprint density at radius 1 is 0.374 bits per heavy atom. The Bertz CT molecular complexity index is 2600. The van der Waals surface area contributed by atoms with Crippen molar-refractivity contribution in [1.29, 1.82) is 0 Å². The van der Waals surface area contributed by atoms with Gasteiger partial charge in [-0.25, -0.2) is 9.13 Å². The van der Waals surface area contributed by atoms with Gasteiger partial charge in [-0.3, -0.25) is 9.05 Å². The summed E-state index contributed by atoms with van der Waals surface area (Å²) >= 11 is 0. The van der Waals surface area contributed by atoms with Crippen molar-refractivity contribution in [2.24, 2.45) is 0 Å². The Kier molecular flexibility index (Phi) is 38.6. The quantitative estimate of drug-likeness (QED) is 0.0201. The minimum atomic E-state index is -5.67. The van der Waals surface area contributed by atoms with Crippen molar-refractivity contribution in [3.05, 3.63) is 116 Å². The highest BCUT2D eigenvalue weighted by Gasteiger charge is 2.54. The van der Waals surface area contributed by atoms with E-state index in [4.69, 9.17) is 32.7 Å². The van der Waals surface area contributed by atoms with Crippen LogP contribution >= 0.6 is 15.6 Å². The highest BCUT2D eigenvalue weighted by atomic mass is 31.3. The van der Waals surface area contributed by atoms with Crippen molar-refractivity contribution >= 4 is 15.6 Å². The summed E-state index contributed by atoms with van der Waals surface area (Å²) in [7, 11) is -11.0. The van der Waals surface area contributed by atoms with Gasteiger partial charge in [0.1, 0.15) is 67.1 Å². The van der Waals surface area contributed by atoms with E-state index < -0.39 is 128 Å². The van der Waals surface area contributed by atoms with Gasteiger partial charge in [0.15, 0.2) is 18.9 Å². The molecule has 3 rings (SSSR count). The van der Waals surface area contributed by atoms with Crippen LogP contribution in [0.4, 0.5) is 0 Å². The Morgan fingerprint density at radius 3 is 1.07 bits per heavy atom. The molecule has 3 aliphatic rings. The van der Waals surface area contributed by atoms with Crippen LogP contribution in [0.5, 0.6) is 0 Å². The molecule has 11 N–H and O–H groups in total. The normalized spacial score (nSPS) is 30.4. The van der Waals surface area contributed by atoms with Gasteiger partial charge in [-0.1, -0.05) is 116 Å². The number of allylic oxidation sites excluding steroid dienone is 19. The summed E-state index contributed by atoms with van der Waals surface area (Å²) in [6.45, 7) is 22.9. The maximum atomic E-state index is 13.0. The lowest BCUT2D eigenvalue weighted by atomic mass is 9.96. The van der Waals surface area contributed by atoms with Gasteiger partial charge in [0.2, 0.25) is 0 Å². The highest BCUT2D eigenvalue weighted by Crippen LogP contribution is 2.61. The lowest BCUT2D eigenvalue weighted by Gasteiger charge is -2.47. The van der Waals surface area contributed by atoms with E-state index in [9.17, 15) is 64.9 Å². The minimum absolute atomic E-state index is 0.496. The van der Waals surface area contributed by atoms with Crippen molar-refractivity contribution in [2.75, 3.05) is 19.8 Å².